The zero-order chi connectivity index (χ0) is 45.2. The minimum atomic E-state index is -2.73. The van der Waals surface area contributed by atoms with Gasteiger partial charge in [0.25, 0.3) is 0 Å². The number of ether oxygens (including phenoxy) is 5. The van der Waals surface area contributed by atoms with Crippen molar-refractivity contribution in [2.75, 3.05) is 25.7 Å². The third-order valence-electron chi connectivity index (χ3n) is 11.2. The van der Waals surface area contributed by atoms with Crippen LogP contribution in [0.25, 0.3) is 21.8 Å². The lowest BCUT2D eigenvalue weighted by atomic mass is 9.83. The number of fused-ring (bicyclic) bond motifs is 3. The summed E-state index contributed by atoms with van der Waals surface area (Å²) in [6.07, 6.45) is -0.952. The fraction of sp³-hybridized carbons (Fsp3) is 0.467. The smallest absolute Gasteiger partial charge is 0.407 e. The predicted molar refractivity (Wildman–Crippen MR) is 241 cm³/mol. The summed E-state index contributed by atoms with van der Waals surface area (Å²) in [5, 5.41) is 29.1. The molecule has 2 aliphatic heterocycles. The summed E-state index contributed by atoms with van der Waals surface area (Å²) in [5.74, 6) is 10.4. The molecule has 9 atom stereocenters. The van der Waals surface area contributed by atoms with Crippen LogP contribution in [-0.4, -0.2) is 124 Å². The van der Waals surface area contributed by atoms with Gasteiger partial charge < -0.3 is 49.5 Å². The van der Waals surface area contributed by atoms with Crippen molar-refractivity contribution in [3.63, 3.8) is 0 Å². The number of halogens is 1. The van der Waals surface area contributed by atoms with Gasteiger partial charge in [-0.3, -0.25) is 14.6 Å². The van der Waals surface area contributed by atoms with E-state index in [1.807, 2.05) is 13.8 Å². The van der Waals surface area contributed by atoms with Gasteiger partial charge in [0.05, 0.1) is 31.4 Å². The van der Waals surface area contributed by atoms with Gasteiger partial charge in [-0.05, 0) is 90.4 Å². The maximum absolute atomic E-state index is 18.0. The molecule has 4 aliphatic rings. The van der Waals surface area contributed by atoms with Gasteiger partial charge in [0.15, 0.2) is 18.4 Å². The average molecular weight is 921 g/mol. The highest BCUT2D eigenvalue weighted by molar-refractivity contribution is 8.56. The fourth-order valence-electron chi connectivity index (χ4n) is 8.23. The zero-order valence-corrected chi connectivity index (χ0v) is 37.7. The number of aliphatic hydroxyl groups excluding tert-OH is 1. The van der Waals surface area contributed by atoms with Gasteiger partial charge in [-0.1, -0.05) is 50.8 Å². The highest BCUT2D eigenvalue weighted by atomic mass is 33.1. The molecule has 18 heteroatoms. The highest BCUT2D eigenvalue weighted by Gasteiger charge is 2.56. The number of ketones is 2. The van der Waals surface area contributed by atoms with Crippen LogP contribution < -0.4 is 10.6 Å². The molecule has 7 unspecified atom stereocenters. The van der Waals surface area contributed by atoms with Gasteiger partial charge in [-0.25, -0.2) is 9.18 Å². The maximum atomic E-state index is 18.0. The first-order valence-corrected chi connectivity index (χ1v) is 24.5. The largest absolute Gasteiger partial charge is 0.508 e. The van der Waals surface area contributed by atoms with E-state index in [1.165, 1.54) is 31.3 Å². The molecule has 2 fully saturated rings. The molecular weight excluding hydrogens is 872 g/mol. The molecule has 2 aromatic heterocycles. The van der Waals surface area contributed by atoms with E-state index in [4.69, 9.17) is 46.1 Å². The number of hydrogen-bond donors (Lipinski definition) is 5. The monoisotopic (exact) mass is 920 g/mol. The molecule has 5 N–H and O–H groups in total. The predicted octanol–water partition coefficient (Wildman–Crippen LogP) is 4.29. The van der Waals surface area contributed by atoms with Crippen molar-refractivity contribution in [3.8, 4) is 29.4 Å². The molecular formula is C45H49FN4O10S3. The molecule has 0 radical (unpaired) electrons. The number of carbonyl (C=O) groups excluding carboxylic acids is 3. The number of nitrogens with one attached hydrogen (secondary N) is 3. The van der Waals surface area contributed by atoms with Gasteiger partial charge in [-0.15, -0.1) is 0 Å². The molecule has 0 bridgehead atoms. The Morgan fingerprint density at radius 2 is 1.95 bits per heavy atom. The molecule has 7 rings (SSSR count). The molecule has 4 heterocycles. The average Bonchev–Trinajstić information content (AvgIpc) is 3.60. The molecule has 1 aromatic carbocycles. The number of rotatable bonds is 11. The molecule has 2 saturated heterocycles. The Balaban J connectivity index is 1.31. The zero-order valence-electron chi connectivity index (χ0n) is 35.3. The second kappa shape index (κ2) is 19.2. The highest BCUT2D eigenvalue weighted by Crippen LogP contribution is 2.42. The lowest BCUT2D eigenvalue weighted by Gasteiger charge is -2.44. The summed E-state index contributed by atoms with van der Waals surface area (Å²) in [4.78, 5) is 48.6. The second-order valence-electron chi connectivity index (χ2n) is 16.3. The van der Waals surface area contributed by atoms with Crippen LogP contribution in [0.1, 0.15) is 56.9 Å². The number of alkyl carbamates (subject to hydrolysis) is 1. The van der Waals surface area contributed by atoms with E-state index in [-0.39, 0.29) is 51.5 Å². The Morgan fingerprint density at radius 1 is 1.17 bits per heavy atom. The first-order valence-electron chi connectivity index (χ1n) is 20.5. The van der Waals surface area contributed by atoms with E-state index in [0.717, 1.165) is 7.11 Å². The van der Waals surface area contributed by atoms with Crippen molar-refractivity contribution in [2.24, 2.45) is 0 Å². The van der Waals surface area contributed by atoms with E-state index >= 15 is 4.39 Å². The number of aromatic nitrogens is 2. The number of aromatic amines is 1. The van der Waals surface area contributed by atoms with Crippen LogP contribution in [0.5, 0.6) is 5.75 Å². The minimum absolute atomic E-state index is 0.0188. The number of amides is 1. The SMILES string of the molecule is COC(=O)NC1C(=O)C[C@H](O)/C(=C/CS(C)(=S)=S)C2=C1C#C/C=C\C#C[C@@H]2OC1OC(C)C(F)(C(=O)c2nccc3c2[nH]c2ccc(O)cc23)CC1OC1CCC(NC(C)C)CO1. The Morgan fingerprint density at radius 3 is 2.67 bits per heavy atom. The van der Waals surface area contributed by atoms with Crippen LogP contribution in [0.3, 0.4) is 0 Å². The van der Waals surface area contributed by atoms with Gasteiger partial charge in [-0.2, -0.15) is 0 Å². The maximum Gasteiger partial charge on any atom is 0.407 e. The van der Waals surface area contributed by atoms with Crippen LogP contribution >= 0.6 is 0 Å². The van der Waals surface area contributed by atoms with Crippen molar-refractivity contribution < 1.29 is 52.7 Å². The summed E-state index contributed by atoms with van der Waals surface area (Å²) in [6, 6.07) is 5.24. The van der Waals surface area contributed by atoms with Gasteiger partial charge in [0, 0.05) is 64.3 Å². The van der Waals surface area contributed by atoms with Gasteiger partial charge in [0.1, 0.15) is 29.7 Å². The molecule has 63 heavy (non-hydrogen) atoms. The minimum Gasteiger partial charge on any atom is -0.508 e. The first-order chi connectivity index (χ1) is 29.9. The number of phenolic OH excluding ortho intramolecular Hbond substituents is 1. The summed E-state index contributed by atoms with van der Waals surface area (Å²) in [5.41, 5.74) is -1.60. The summed E-state index contributed by atoms with van der Waals surface area (Å²) in [6.45, 7) is 5.78. The van der Waals surface area contributed by atoms with Crippen LogP contribution in [0.2, 0.25) is 0 Å². The summed E-state index contributed by atoms with van der Waals surface area (Å²) >= 11 is 11.1. The van der Waals surface area contributed by atoms with Crippen molar-refractivity contribution in [3.05, 3.63) is 71.1 Å². The third-order valence-corrected chi connectivity index (χ3v) is 12.8. The number of Topliss-reactive ketones (excluding diaryl/α,β-unsaturated/α-hetero) is 2. The number of benzene rings is 1. The number of aliphatic hydroxyl groups is 1. The van der Waals surface area contributed by atoms with Crippen LogP contribution in [0.4, 0.5) is 9.18 Å². The first kappa shape index (κ1) is 46.4. The molecule has 334 valence electrons. The Labute approximate surface area is 374 Å². The molecule has 0 saturated carbocycles. The van der Waals surface area contributed by atoms with Crippen LogP contribution in [0, 0.1) is 23.7 Å². The Hall–Kier alpha value is -4.60. The van der Waals surface area contributed by atoms with E-state index in [2.05, 4.69) is 44.3 Å². The molecule has 0 spiro atoms. The topological polar surface area (TPSA) is 191 Å². The normalized spacial score (nSPS) is 30.0. The second-order valence-corrected chi connectivity index (χ2v) is 23.5. The van der Waals surface area contributed by atoms with Crippen LogP contribution in [-0.2, 0) is 58.0 Å². The third kappa shape index (κ3) is 10.4. The Kier molecular flexibility index (Phi) is 14.2. The van der Waals surface area contributed by atoms with Crippen molar-refractivity contribution >= 4 is 69.0 Å². The molecule has 3 aromatic rings. The lowest BCUT2D eigenvalue weighted by molar-refractivity contribution is -0.310. The lowest BCUT2D eigenvalue weighted by Crippen LogP contribution is -2.59. The quantitative estimate of drug-likeness (QED) is 0.135. The summed E-state index contributed by atoms with van der Waals surface area (Å²) in [7, 11) is -0.877. The number of nitrogens with zero attached hydrogens (tertiary/aromatic N) is 1. The number of hydrogen-bond acceptors (Lipinski definition) is 14. The number of phenols is 1. The number of carbonyl (C=O) groups is 3. The number of methoxy groups -OCH3 is 1. The number of aromatic hydroxyl groups is 1. The Bertz CT molecular complexity index is 2630. The number of pyridine rings is 1. The molecule has 2 aliphatic carbocycles. The van der Waals surface area contributed by atoms with Crippen molar-refractivity contribution in [1.82, 2.24) is 20.6 Å². The van der Waals surface area contributed by atoms with E-state index in [1.54, 1.807) is 30.5 Å². The van der Waals surface area contributed by atoms with E-state index in [0.29, 0.717) is 35.7 Å². The number of H-pyrrole nitrogens is 1. The van der Waals surface area contributed by atoms with Gasteiger partial charge in [0.2, 0.25) is 11.5 Å². The molecule has 14 nitrogen and oxygen atoms in total. The molecule has 1 amide bonds. The van der Waals surface area contributed by atoms with Crippen molar-refractivity contribution in [1.29, 1.82) is 0 Å². The van der Waals surface area contributed by atoms with Gasteiger partial charge >= 0.3 is 6.09 Å². The number of allylic oxidation sites excluding steroid dienone is 2. The standard InChI is InChI=1S/C45H49FN4O10S3/c1-24(2)48-26-12-15-37(57-23-26)59-36-22-45(46,42(54)41-40-28(16-18-47-41)31-20-27(51)13-14-32(31)49-40)25(3)58-43(36)60-35-11-9-7-6-8-10-30-38(35)29(17-19-63(5,61)62)33(52)21-34(53)39(30)50-44(55)56-4/h6-7,13-14,16-18,20,24-26,33,35-37,39,43,48-49,51-52H,12,15,19,21-23H2,1-5H3,(H,50,55)/b7-6-,29-17-/t25?,26?,33-,35-,36?,37?,39?,43?,45?/m0/s1. The van der Waals surface area contributed by atoms with E-state index in [9.17, 15) is 24.6 Å². The van der Waals surface area contributed by atoms with Crippen LogP contribution in [0.15, 0.2) is 65.4 Å². The number of alkyl halides is 1. The van der Waals surface area contributed by atoms with Crippen molar-refractivity contribution in [2.45, 2.75) is 107 Å². The van der Waals surface area contributed by atoms with E-state index < -0.39 is 86.4 Å². The summed E-state index contributed by atoms with van der Waals surface area (Å²) < 4.78 is 48.6. The fourth-order valence-corrected chi connectivity index (χ4v) is 9.12.